The van der Waals surface area contributed by atoms with Gasteiger partial charge >= 0.3 is 0 Å². The number of aromatic nitrogens is 3. The van der Waals surface area contributed by atoms with Gasteiger partial charge in [-0.25, -0.2) is 4.39 Å². The van der Waals surface area contributed by atoms with Crippen LogP contribution in [0.15, 0.2) is 46.0 Å². The predicted molar refractivity (Wildman–Crippen MR) is 58.8 cm³/mol. The lowest BCUT2D eigenvalue weighted by Gasteiger charge is -1.98. The van der Waals surface area contributed by atoms with Gasteiger partial charge in [-0.15, -0.1) is 5.10 Å². The van der Waals surface area contributed by atoms with E-state index in [0.29, 0.717) is 5.52 Å². The molecule has 0 aliphatic heterocycles. The predicted octanol–water partition coefficient (Wildman–Crippen LogP) is 1.88. The van der Waals surface area contributed by atoms with Crippen LogP contribution < -0.4 is 5.56 Å². The molecule has 0 amide bonds. The highest BCUT2D eigenvalue weighted by Gasteiger charge is 2.10. The van der Waals surface area contributed by atoms with Gasteiger partial charge in [0.25, 0.3) is 5.56 Å². The van der Waals surface area contributed by atoms with Gasteiger partial charge in [0, 0.05) is 10.7 Å². The number of hydrogen-bond acceptors (Lipinski definition) is 4. The quantitative estimate of drug-likeness (QED) is 0.662. The number of halogens is 2. The van der Waals surface area contributed by atoms with Gasteiger partial charge in [-0.1, -0.05) is 12.1 Å². The van der Waals surface area contributed by atoms with Crippen molar-refractivity contribution < 1.29 is 13.3 Å². The Kier molecular flexibility index (Phi) is 3.42. The SMILES string of the molecule is O=c1[nH]c2ccccc2c(F)c1F.c1conn1. The molecule has 0 fully saturated rings. The number of aromatic amines is 1. The molecule has 7 heteroatoms. The van der Waals surface area contributed by atoms with Crippen LogP contribution in [0.1, 0.15) is 0 Å². The summed E-state index contributed by atoms with van der Waals surface area (Å²) in [7, 11) is 0. The summed E-state index contributed by atoms with van der Waals surface area (Å²) in [6.07, 6.45) is 2.88. The van der Waals surface area contributed by atoms with Crippen LogP contribution in [0.4, 0.5) is 8.78 Å². The standard InChI is InChI=1S/C9H5F2NO.C2H2N2O/c10-7-5-3-1-2-4-6(5)12-9(13)8(7)11;1-2-5-4-3-1/h1-4H,(H,12,13);1-2H. The summed E-state index contributed by atoms with van der Waals surface area (Å²) in [5.41, 5.74) is -0.734. The highest BCUT2D eigenvalue weighted by atomic mass is 19.2. The number of nitrogens with one attached hydrogen (secondary N) is 1. The molecule has 92 valence electrons. The zero-order valence-electron chi connectivity index (χ0n) is 8.93. The maximum Gasteiger partial charge on any atom is 0.287 e. The largest absolute Gasteiger partial charge is 0.346 e. The van der Waals surface area contributed by atoms with Crippen molar-refractivity contribution in [3.05, 3.63) is 58.7 Å². The average Bonchev–Trinajstić information content (AvgIpc) is 2.95. The maximum absolute atomic E-state index is 13.1. The first kappa shape index (κ1) is 11.9. The van der Waals surface area contributed by atoms with Crippen molar-refractivity contribution in [1.29, 1.82) is 0 Å². The number of nitrogens with zero attached hydrogens (tertiary/aromatic N) is 2. The first-order chi connectivity index (χ1) is 8.70. The monoisotopic (exact) mass is 251 g/mol. The fraction of sp³-hybridized carbons (Fsp3) is 0. The van der Waals surface area contributed by atoms with E-state index in [2.05, 4.69) is 19.9 Å². The summed E-state index contributed by atoms with van der Waals surface area (Å²) in [5.74, 6) is -2.46. The first-order valence-corrected chi connectivity index (χ1v) is 4.87. The summed E-state index contributed by atoms with van der Waals surface area (Å²) >= 11 is 0. The molecular formula is C11H7F2N3O2. The van der Waals surface area contributed by atoms with Crippen LogP contribution in [0.3, 0.4) is 0 Å². The van der Waals surface area contributed by atoms with Gasteiger partial charge < -0.3 is 9.51 Å². The number of benzene rings is 1. The number of rotatable bonds is 0. The van der Waals surface area contributed by atoms with Crippen LogP contribution in [0, 0.1) is 11.6 Å². The molecule has 0 radical (unpaired) electrons. The number of hydrogen-bond donors (Lipinski definition) is 1. The molecule has 0 saturated carbocycles. The number of para-hydroxylation sites is 1. The second-order valence-corrected chi connectivity index (χ2v) is 3.22. The van der Waals surface area contributed by atoms with Crippen LogP contribution in [0.25, 0.3) is 10.9 Å². The molecule has 3 aromatic rings. The minimum absolute atomic E-state index is 0.0830. The molecule has 3 rings (SSSR count). The van der Waals surface area contributed by atoms with E-state index in [0.717, 1.165) is 0 Å². The molecule has 2 heterocycles. The van der Waals surface area contributed by atoms with Crippen LogP contribution >= 0.6 is 0 Å². The lowest BCUT2D eigenvalue weighted by molar-refractivity contribution is 0.393. The second-order valence-electron chi connectivity index (χ2n) is 3.22. The van der Waals surface area contributed by atoms with Crippen molar-refractivity contribution in [2.75, 3.05) is 0 Å². The fourth-order valence-corrected chi connectivity index (χ4v) is 1.31. The highest BCUT2D eigenvalue weighted by Crippen LogP contribution is 2.14. The molecule has 2 aromatic heterocycles. The Bertz CT molecular complexity index is 678. The minimum Gasteiger partial charge on any atom is -0.346 e. The van der Waals surface area contributed by atoms with Gasteiger partial charge in [-0.3, -0.25) is 4.79 Å². The van der Waals surface area contributed by atoms with E-state index < -0.39 is 17.2 Å². The third-order valence-electron chi connectivity index (χ3n) is 2.09. The number of H-pyrrole nitrogens is 1. The molecule has 0 unspecified atom stereocenters. The summed E-state index contributed by atoms with van der Waals surface area (Å²) in [6, 6.07) is 6.13. The van der Waals surface area contributed by atoms with Gasteiger partial charge in [0.15, 0.2) is 5.82 Å². The zero-order chi connectivity index (χ0) is 13.0. The summed E-state index contributed by atoms with van der Waals surface area (Å²) in [6.45, 7) is 0. The molecular weight excluding hydrogens is 244 g/mol. The molecule has 1 N–H and O–H groups in total. The molecule has 18 heavy (non-hydrogen) atoms. The van der Waals surface area contributed by atoms with Gasteiger partial charge in [0.05, 0.1) is 11.7 Å². The van der Waals surface area contributed by atoms with Gasteiger partial charge in [0.1, 0.15) is 6.26 Å². The van der Waals surface area contributed by atoms with Gasteiger partial charge in [-0.05, 0) is 12.1 Å². The van der Waals surface area contributed by atoms with Crippen molar-refractivity contribution in [1.82, 2.24) is 15.4 Å². The number of pyridine rings is 1. The molecule has 0 saturated heterocycles. The lowest BCUT2D eigenvalue weighted by atomic mass is 10.2. The van der Waals surface area contributed by atoms with E-state index in [9.17, 15) is 13.6 Å². The van der Waals surface area contributed by atoms with E-state index in [1.807, 2.05) is 0 Å². The van der Waals surface area contributed by atoms with E-state index in [1.54, 1.807) is 12.1 Å². The zero-order valence-corrected chi connectivity index (χ0v) is 8.93. The maximum atomic E-state index is 13.1. The number of fused-ring (bicyclic) bond motifs is 1. The van der Waals surface area contributed by atoms with Crippen molar-refractivity contribution in [2.24, 2.45) is 0 Å². The Hall–Kier alpha value is -2.57. The van der Waals surface area contributed by atoms with E-state index in [-0.39, 0.29) is 5.39 Å². The van der Waals surface area contributed by atoms with Crippen LogP contribution in [-0.4, -0.2) is 15.4 Å². The Morgan fingerprint density at radius 2 is 1.94 bits per heavy atom. The minimum atomic E-state index is -1.36. The van der Waals surface area contributed by atoms with Crippen LogP contribution in [0.5, 0.6) is 0 Å². The molecule has 1 aromatic carbocycles. The molecule has 0 spiro atoms. The Morgan fingerprint density at radius 1 is 1.17 bits per heavy atom. The smallest absolute Gasteiger partial charge is 0.287 e. The van der Waals surface area contributed by atoms with E-state index >= 15 is 0 Å². The summed E-state index contributed by atoms with van der Waals surface area (Å²) in [4.78, 5) is 13.0. The highest BCUT2D eigenvalue weighted by molar-refractivity contribution is 5.78. The molecule has 0 aliphatic rings. The first-order valence-electron chi connectivity index (χ1n) is 4.87. The Balaban J connectivity index is 0.000000202. The molecule has 0 aliphatic carbocycles. The van der Waals surface area contributed by atoms with Crippen molar-refractivity contribution >= 4 is 10.9 Å². The van der Waals surface area contributed by atoms with Crippen molar-refractivity contribution in [3.63, 3.8) is 0 Å². The van der Waals surface area contributed by atoms with Gasteiger partial charge in [0.2, 0.25) is 5.82 Å². The Labute approximate surface area is 99.0 Å². The average molecular weight is 251 g/mol. The van der Waals surface area contributed by atoms with Crippen molar-refractivity contribution in [2.45, 2.75) is 0 Å². The fourth-order valence-electron chi connectivity index (χ4n) is 1.31. The molecule has 5 nitrogen and oxygen atoms in total. The molecule has 0 atom stereocenters. The van der Waals surface area contributed by atoms with Crippen LogP contribution in [-0.2, 0) is 0 Å². The van der Waals surface area contributed by atoms with Crippen LogP contribution in [0.2, 0.25) is 0 Å². The topological polar surface area (TPSA) is 71.8 Å². The van der Waals surface area contributed by atoms with Gasteiger partial charge in [-0.2, -0.15) is 4.39 Å². The third-order valence-corrected chi connectivity index (χ3v) is 2.09. The van der Waals surface area contributed by atoms with E-state index in [1.165, 1.54) is 24.6 Å². The lowest BCUT2D eigenvalue weighted by Crippen LogP contribution is -2.12. The summed E-state index contributed by atoms with van der Waals surface area (Å²) in [5, 5.41) is 6.49. The summed E-state index contributed by atoms with van der Waals surface area (Å²) < 4.78 is 30.0. The normalized spacial score (nSPS) is 9.89. The van der Waals surface area contributed by atoms with Crippen molar-refractivity contribution in [3.8, 4) is 0 Å². The Morgan fingerprint density at radius 3 is 2.56 bits per heavy atom. The molecule has 0 bridgehead atoms. The third kappa shape index (κ3) is 2.40. The second kappa shape index (κ2) is 5.17. The van der Waals surface area contributed by atoms with E-state index in [4.69, 9.17) is 0 Å².